The minimum Gasteiger partial charge on any atom is -0.481 e. The van der Waals surface area contributed by atoms with Crippen LogP contribution in [0.2, 0.25) is 0 Å². The number of halogens is 1. The fourth-order valence-corrected chi connectivity index (χ4v) is 5.64. The van der Waals surface area contributed by atoms with Gasteiger partial charge in [0.25, 0.3) is 10.0 Å². The molecule has 4 aromatic rings. The van der Waals surface area contributed by atoms with Crippen LogP contribution in [0.15, 0.2) is 59.5 Å². The molecule has 1 aromatic heterocycles. The van der Waals surface area contributed by atoms with E-state index in [1.54, 1.807) is 31.2 Å². The third-order valence-corrected chi connectivity index (χ3v) is 7.06. The number of fused-ring (bicyclic) bond motifs is 2. The van der Waals surface area contributed by atoms with E-state index in [4.69, 9.17) is 0 Å². The van der Waals surface area contributed by atoms with Crippen LogP contribution in [0.4, 0.5) is 4.39 Å². The molecule has 1 N–H and O–H groups in total. The fourth-order valence-electron chi connectivity index (χ4n) is 3.85. The molecule has 5 nitrogen and oxygen atoms in total. The Morgan fingerprint density at radius 1 is 1.00 bits per heavy atom. The van der Waals surface area contributed by atoms with Gasteiger partial charge < -0.3 is 5.11 Å². The quantitative estimate of drug-likeness (QED) is 0.540. The van der Waals surface area contributed by atoms with Gasteiger partial charge in [0.15, 0.2) is 0 Å². The summed E-state index contributed by atoms with van der Waals surface area (Å²) in [4.78, 5) is 11.5. The van der Waals surface area contributed by atoms with Crippen molar-refractivity contribution in [3.63, 3.8) is 0 Å². The summed E-state index contributed by atoms with van der Waals surface area (Å²) in [5, 5.41) is 10.9. The van der Waals surface area contributed by atoms with Crippen molar-refractivity contribution < 1.29 is 22.7 Å². The van der Waals surface area contributed by atoms with E-state index in [-0.39, 0.29) is 27.1 Å². The maximum atomic E-state index is 13.9. The molecule has 0 atom stereocenters. The second-order valence-electron chi connectivity index (χ2n) is 6.99. The molecule has 4 rings (SSSR count). The number of aliphatic carboxylic acids is 1. The summed E-state index contributed by atoms with van der Waals surface area (Å²) in [5.41, 5.74) is 1.75. The van der Waals surface area contributed by atoms with Crippen LogP contribution in [0.5, 0.6) is 0 Å². The summed E-state index contributed by atoms with van der Waals surface area (Å²) in [7, 11) is -4.07. The van der Waals surface area contributed by atoms with Crippen LogP contribution in [0, 0.1) is 19.7 Å². The fraction of sp³-hybridized carbons (Fsp3) is 0.136. The van der Waals surface area contributed by atoms with Gasteiger partial charge in [-0.15, -0.1) is 0 Å². The Kier molecular flexibility index (Phi) is 4.42. The highest BCUT2D eigenvalue weighted by molar-refractivity contribution is 7.90. The summed E-state index contributed by atoms with van der Waals surface area (Å²) in [5.74, 6) is -1.67. The van der Waals surface area contributed by atoms with Gasteiger partial charge in [-0.1, -0.05) is 30.3 Å². The first-order valence-corrected chi connectivity index (χ1v) is 10.4. The Hall–Kier alpha value is -3.19. The minimum absolute atomic E-state index is 0.116. The second kappa shape index (κ2) is 6.70. The van der Waals surface area contributed by atoms with Gasteiger partial charge in [-0.05, 0) is 54.6 Å². The van der Waals surface area contributed by atoms with Crippen LogP contribution in [0.3, 0.4) is 0 Å². The van der Waals surface area contributed by atoms with Crippen LogP contribution >= 0.6 is 0 Å². The Morgan fingerprint density at radius 2 is 1.69 bits per heavy atom. The average molecular weight is 411 g/mol. The first kappa shape index (κ1) is 19.1. The third-order valence-electron chi connectivity index (χ3n) is 5.19. The number of carboxylic acids is 1. The number of carbonyl (C=O) groups is 1. The maximum Gasteiger partial charge on any atom is 0.307 e. The van der Waals surface area contributed by atoms with Crippen LogP contribution in [-0.4, -0.2) is 23.5 Å². The molecular formula is C22H18FNO4S. The number of nitrogens with zero attached hydrogens (tertiary/aromatic N) is 1. The molecule has 148 valence electrons. The van der Waals surface area contributed by atoms with Gasteiger partial charge in [0.2, 0.25) is 0 Å². The van der Waals surface area contributed by atoms with Crippen molar-refractivity contribution in [1.82, 2.24) is 3.97 Å². The molecule has 7 heteroatoms. The monoisotopic (exact) mass is 411 g/mol. The van der Waals surface area contributed by atoms with Crippen LogP contribution < -0.4 is 0 Å². The molecule has 0 bridgehead atoms. The molecule has 0 aliphatic carbocycles. The lowest BCUT2D eigenvalue weighted by Gasteiger charge is -2.14. The largest absolute Gasteiger partial charge is 0.481 e. The smallest absolute Gasteiger partial charge is 0.307 e. The first-order chi connectivity index (χ1) is 13.7. The Bertz CT molecular complexity index is 1400. The number of hydrogen-bond acceptors (Lipinski definition) is 3. The Balaban J connectivity index is 2.09. The summed E-state index contributed by atoms with van der Waals surface area (Å²) < 4.78 is 42.4. The van der Waals surface area contributed by atoms with Crippen molar-refractivity contribution in [1.29, 1.82) is 0 Å². The van der Waals surface area contributed by atoms with Gasteiger partial charge >= 0.3 is 5.97 Å². The zero-order chi connectivity index (χ0) is 20.9. The highest BCUT2D eigenvalue weighted by Crippen LogP contribution is 2.34. The van der Waals surface area contributed by atoms with Crippen LogP contribution in [-0.2, 0) is 21.2 Å². The van der Waals surface area contributed by atoms with Crippen molar-refractivity contribution in [2.75, 3.05) is 0 Å². The van der Waals surface area contributed by atoms with Gasteiger partial charge in [0.05, 0.1) is 16.8 Å². The predicted molar refractivity (Wildman–Crippen MR) is 109 cm³/mol. The zero-order valence-corrected chi connectivity index (χ0v) is 16.6. The molecule has 0 fully saturated rings. The number of rotatable bonds is 4. The highest BCUT2D eigenvalue weighted by Gasteiger charge is 2.27. The third kappa shape index (κ3) is 2.98. The van der Waals surface area contributed by atoms with Crippen molar-refractivity contribution in [3.8, 4) is 0 Å². The lowest BCUT2D eigenvalue weighted by molar-refractivity contribution is -0.136. The zero-order valence-electron chi connectivity index (χ0n) is 15.8. The standard InChI is InChI=1S/C22H18FNO4S/c1-13-7-10-21(17-6-4-3-5-16(13)17)29(27,28)24-14(2)18(12-22(25)26)19-11-15(23)8-9-20(19)24/h3-11H,12H2,1-2H3,(H,25,26). The van der Waals surface area contributed by atoms with Gasteiger partial charge in [0, 0.05) is 16.5 Å². The van der Waals surface area contributed by atoms with E-state index in [0.29, 0.717) is 5.39 Å². The highest BCUT2D eigenvalue weighted by atomic mass is 32.2. The lowest BCUT2D eigenvalue weighted by atomic mass is 10.1. The summed E-state index contributed by atoms with van der Waals surface area (Å²) in [6.45, 7) is 3.45. The lowest BCUT2D eigenvalue weighted by Crippen LogP contribution is -2.15. The number of aromatic nitrogens is 1. The van der Waals surface area contributed by atoms with E-state index < -0.39 is 28.2 Å². The van der Waals surface area contributed by atoms with E-state index >= 15 is 0 Å². The van der Waals surface area contributed by atoms with E-state index in [1.807, 2.05) is 19.1 Å². The molecule has 0 saturated heterocycles. The minimum atomic E-state index is -4.07. The van der Waals surface area contributed by atoms with Crippen molar-refractivity contribution >= 4 is 37.7 Å². The summed E-state index contributed by atoms with van der Waals surface area (Å²) in [6, 6.07) is 14.2. The van der Waals surface area contributed by atoms with Gasteiger partial charge in [-0.3, -0.25) is 4.79 Å². The number of benzene rings is 3. The van der Waals surface area contributed by atoms with E-state index in [2.05, 4.69) is 0 Å². The van der Waals surface area contributed by atoms with Gasteiger partial charge in [-0.25, -0.2) is 16.8 Å². The van der Waals surface area contributed by atoms with Crippen molar-refractivity contribution in [2.45, 2.75) is 25.2 Å². The molecular weight excluding hydrogens is 393 g/mol. The summed E-state index contributed by atoms with van der Waals surface area (Å²) >= 11 is 0. The van der Waals surface area contributed by atoms with Gasteiger partial charge in [0.1, 0.15) is 5.82 Å². The molecule has 0 unspecified atom stereocenters. The summed E-state index contributed by atoms with van der Waals surface area (Å²) in [6.07, 6.45) is -0.400. The van der Waals surface area contributed by atoms with E-state index in [0.717, 1.165) is 14.9 Å². The molecule has 0 aliphatic rings. The van der Waals surface area contributed by atoms with Crippen molar-refractivity contribution in [3.05, 3.63) is 77.2 Å². The second-order valence-corrected chi connectivity index (χ2v) is 8.75. The topological polar surface area (TPSA) is 76.4 Å². The molecule has 1 heterocycles. The Morgan fingerprint density at radius 3 is 2.38 bits per heavy atom. The maximum absolute atomic E-state index is 13.9. The van der Waals surface area contributed by atoms with E-state index in [1.165, 1.54) is 18.2 Å². The SMILES string of the molecule is Cc1ccc(S(=O)(=O)n2c(C)c(CC(=O)O)c3cc(F)ccc32)c2ccccc12. The van der Waals surface area contributed by atoms with Crippen LogP contribution in [0.1, 0.15) is 16.8 Å². The molecule has 0 radical (unpaired) electrons. The van der Waals surface area contributed by atoms with Gasteiger partial charge in [-0.2, -0.15) is 0 Å². The molecule has 0 aliphatic heterocycles. The molecule has 3 aromatic carbocycles. The Labute approximate surface area is 167 Å². The molecule has 0 saturated carbocycles. The van der Waals surface area contributed by atoms with Crippen LogP contribution in [0.25, 0.3) is 21.7 Å². The number of aryl methyl sites for hydroxylation is 1. The predicted octanol–water partition coefficient (Wildman–Crippen LogP) is 4.41. The number of carboxylic acid groups (broad SMARTS) is 1. The first-order valence-electron chi connectivity index (χ1n) is 8.97. The molecule has 29 heavy (non-hydrogen) atoms. The number of hydrogen-bond donors (Lipinski definition) is 1. The average Bonchev–Trinajstić information content (AvgIpc) is 2.93. The molecule has 0 spiro atoms. The van der Waals surface area contributed by atoms with Crippen molar-refractivity contribution in [2.24, 2.45) is 0 Å². The molecule has 0 amide bonds. The van der Waals surface area contributed by atoms with E-state index in [9.17, 15) is 22.7 Å². The normalized spacial score (nSPS) is 12.0.